The first-order valence-corrected chi connectivity index (χ1v) is 6.93. The van der Waals surface area contributed by atoms with Gasteiger partial charge in [0.25, 0.3) is 5.56 Å². The zero-order valence-electron chi connectivity index (χ0n) is 12.4. The molecule has 0 aliphatic heterocycles. The van der Waals surface area contributed by atoms with E-state index in [1.807, 2.05) is 45.0 Å². The Morgan fingerprint density at radius 2 is 1.90 bits per heavy atom. The lowest BCUT2D eigenvalue weighted by Crippen LogP contribution is -2.21. The summed E-state index contributed by atoms with van der Waals surface area (Å²) >= 11 is 0. The van der Waals surface area contributed by atoms with E-state index in [0.717, 1.165) is 27.9 Å². The van der Waals surface area contributed by atoms with E-state index in [2.05, 4.69) is 9.97 Å². The maximum Gasteiger partial charge on any atom is 0.261 e. The van der Waals surface area contributed by atoms with Gasteiger partial charge in [-0.2, -0.15) is 0 Å². The Balaban J connectivity index is 2.11. The molecule has 3 aromatic rings. The van der Waals surface area contributed by atoms with Crippen LogP contribution in [0.1, 0.15) is 22.4 Å². The molecule has 2 heterocycles. The lowest BCUT2D eigenvalue weighted by atomic mass is 10.1. The number of hydrogen-bond acceptors (Lipinski definition) is 3. The van der Waals surface area contributed by atoms with Crippen LogP contribution in [0.2, 0.25) is 0 Å². The molecule has 106 valence electrons. The molecule has 0 amide bonds. The molecule has 0 radical (unpaired) electrons. The standard InChI is InChI=1S/C17H17N3O/c1-11-4-5-15-16(13(11)3)19-10-20(17(15)21)9-14-6-7-18-12(2)8-14/h4-8,10H,9H2,1-3H3. The Labute approximate surface area is 123 Å². The van der Waals surface area contributed by atoms with Gasteiger partial charge in [-0.3, -0.25) is 14.3 Å². The molecule has 0 bridgehead atoms. The van der Waals surface area contributed by atoms with E-state index in [0.29, 0.717) is 11.9 Å². The quantitative estimate of drug-likeness (QED) is 0.724. The molecule has 0 N–H and O–H groups in total. The normalized spacial score (nSPS) is 11.0. The maximum absolute atomic E-state index is 12.6. The molecule has 0 spiro atoms. The van der Waals surface area contributed by atoms with Crippen LogP contribution in [0.25, 0.3) is 10.9 Å². The van der Waals surface area contributed by atoms with Gasteiger partial charge >= 0.3 is 0 Å². The van der Waals surface area contributed by atoms with E-state index >= 15 is 0 Å². The largest absolute Gasteiger partial charge is 0.294 e. The van der Waals surface area contributed by atoms with E-state index in [9.17, 15) is 4.79 Å². The van der Waals surface area contributed by atoms with Crippen molar-refractivity contribution in [1.82, 2.24) is 14.5 Å². The van der Waals surface area contributed by atoms with E-state index in [4.69, 9.17) is 0 Å². The average molecular weight is 279 g/mol. The first-order chi connectivity index (χ1) is 10.1. The van der Waals surface area contributed by atoms with Crippen LogP contribution in [-0.4, -0.2) is 14.5 Å². The van der Waals surface area contributed by atoms with Crippen molar-refractivity contribution in [3.05, 3.63) is 69.5 Å². The first kappa shape index (κ1) is 13.5. The van der Waals surface area contributed by atoms with Crippen molar-refractivity contribution in [2.24, 2.45) is 0 Å². The minimum Gasteiger partial charge on any atom is -0.294 e. The number of hydrogen-bond donors (Lipinski definition) is 0. The highest BCUT2D eigenvalue weighted by atomic mass is 16.1. The van der Waals surface area contributed by atoms with Gasteiger partial charge in [0.15, 0.2) is 0 Å². The maximum atomic E-state index is 12.6. The van der Waals surface area contributed by atoms with Crippen LogP contribution >= 0.6 is 0 Å². The predicted molar refractivity (Wildman–Crippen MR) is 83.6 cm³/mol. The van der Waals surface area contributed by atoms with Gasteiger partial charge < -0.3 is 0 Å². The van der Waals surface area contributed by atoms with Crippen LogP contribution in [0, 0.1) is 20.8 Å². The predicted octanol–water partition coefficient (Wildman–Crippen LogP) is 2.77. The lowest BCUT2D eigenvalue weighted by molar-refractivity contribution is 0.746. The highest BCUT2D eigenvalue weighted by Crippen LogP contribution is 2.16. The molecule has 0 saturated heterocycles. The molecule has 4 nitrogen and oxygen atoms in total. The Hall–Kier alpha value is -2.49. The molecule has 1 aromatic carbocycles. The molecule has 4 heteroatoms. The number of rotatable bonds is 2. The second-order valence-electron chi connectivity index (χ2n) is 5.39. The third-order valence-corrected chi connectivity index (χ3v) is 3.83. The smallest absolute Gasteiger partial charge is 0.261 e. The fraction of sp³-hybridized carbons (Fsp3) is 0.235. The van der Waals surface area contributed by atoms with Crippen molar-refractivity contribution in [3.63, 3.8) is 0 Å². The van der Waals surface area contributed by atoms with Crippen LogP contribution in [-0.2, 0) is 6.54 Å². The molecule has 0 unspecified atom stereocenters. The summed E-state index contributed by atoms with van der Waals surface area (Å²) in [6.45, 7) is 6.48. The number of nitrogens with zero attached hydrogens (tertiary/aromatic N) is 3. The fourth-order valence-electron chi connectivity index (χ4n) is 2.49. The minimum absolute atomic E-state index is 0.00225. The monoisotopic (exact) mass is 279 g/mol. The second-order valence-corrected chi connectivity index (χ2v) is 5.39. The summed E-state index contributed by atoms with van der Waals surface area (Å²) in [6, 6.07) is 7.74. The van der Waals surface area contributed by atoms with Gasteiger partial charge in [-0.1, -0.05) is 6.07 Å². The SMILES string of the molecule is Cc1cc(Cn2cnc3c(C)c(C)ccc3c2=O)ccn1. The van der Waals surface area contributed by atoms with Crippen molar-refractivity contribution in [3.8, 4) is 0 Å². The average Bonchev–Trinajstić information content (AvgIpc) is 2.46. The van der Waals surface area contributed by atoms with E-state index < -0.39 is 0 Å². The summed E-state index contributed by atoms with van der Waals surface area (Å²) in [5.74, 6) is 0. The van der Waals surface area contributed by atoms with Gasteiger partial charge in [0, 0.05) is 11.9 Å². The fourth-order valence-corrected chi connectivity index (χ4v) is 2.49. The zero-order valence-corrected chi connectivity index (χ0v) is 12.4. The van der Waals surface area contributed by atoms with Gasteiger partial charge in [0.1, 0.15) is 0 Å². The summed E-state index contributed by atoms with van der Waals surface area (Å²) in [4.78, 5) is 21.2. The summed E-state index contributed by atoms with van der Waals surface area (Å²) < 4.78 is 1.64. The van der Waals surface area contributed by atoms with Crippen LogP contribution in [0.15, 0.2) is 41.6 Å². The van der Waals surface area contributed by atoms with Gasteiger partial charge in [-0.05, 0) is 55.7 Å². The zero-order chi connectivity index (χ0) is 15.0. The van der Waals surface area contributed by atoms with Crippen LogP contribution in [0.3, 0.4) is 0 Å². The molecule has 0 atom stereocenters. The summed E-state index contributed by atoms with van der Waals surface area (Å²) in [5, 5.41) is 0.673. The van der Waals surface area contributed by atoms with Crippen molar-refractivity contribution in [2.45, 2.75) is 27.3 Å². The van der Waals surface area contributed by atoms with Gasteiger partial charge in [-0.15, -0.1) is 0 Å². The summed E-state index contributed by atoms with van der Waals surface area (Å²) in [5.41, 5.74) is 5.00. The molecule has 2 aromatic heterocycles. The second kappa shape index (κ2) is 5.13. The number of aryl methyl sites for hydroxylation is 3. The van der Waals surface area contributed by atoms with Gasteiger partial charge in [0.05, 0.1) is 23.8 Å². The minimum atomic E-state index is -0.00225. The number of benzene rings is 1. The third-order valence-electron chi connectivity index (χ3n) is 3.83. The Morgan fingerprint density at radius 1 is 1.10 bits per heavy atom. The van der Waals surface area contributed by atoms with Gasteiger partial charge in [-0.25, -0.2) is 4.98 Å². The van der Waals surface area contributed by atoms with Crippen molar-refractivity contribution in [1.29, 1.82) is 0 Å². The molecule has 0 saturated carbocycles. The third kappa shape index (κ3) is 2.44. The van der Waals surface area contributed by atoms with Crippen molar-refractivity contribution in [2.75, 3.05) is 0 Å². The molecule has 0 fully saturated rings. The van der Waals surface area contributed by atoms with E-state index in [1.54, 1.807) is 17.1 Å². The summed E-state index contributed by atoms with van der Waals surface area (Å²) in [6.07, 6.45) is 3.39. The van der Waals surface area contributed by atoms with Gasteiger partial charge in [0.2, 0.25) is 0 Å². The number of fused-ring (bicyclic) bond motifs is 1. The highest BCUT2D eigenvalue weighted by Gasteiger charge is 2.08. The first-order valence-electron chi connectivity index (χ1n) is 6.93. The molecule has 21 heavy (non-hydrogen) atoms. The van der Waals surface area contributed by atoms with Crippen LogP contribution in [0.4, 0.5) is 0 Å². The Bertz CT molecular complexity index is 881. The van der Waals surface area contributed by atoms with E-state index in [1.165, 1.54) is 0 Å². The van der Waals surface area contributed by atoms with Crippen molar-refractivity contribution >= 4 is 10.9 Å². The summed E-state index contributed by atoms with van der Waals surface area (Å²) in [7, 11) is 0. The topological polar surface area (TPSA) is 47.8 Å². The lowest BCUT2D eigenvalue weighted by Gasteiger charge is -2.09. The Kier molecular flexibility index (Phi) is 3.29. The van der Waals surface area contributed by atoms with E-state index in [-0.39, 0.29) is 5.56 Å². The molecular weight excluding hydrogens is 262 g/mol. The van der Waals surface area contributed by atoms with Crippen LogP contribution in [0.5, 0.6) is 0 Å². The molecule has 0 aliphatic rings. The highest BCUT2D eigenvalue weighted by molar-refractivity contribution is 5.81. The molecular formula is C17H17N3O. The molecule has 0 aliphatic carbocycles. The van der Waals surface area contributed by atoms with Crippen molar-refractivity contribution < 1.29 is 0 Å². The van der Waals surface area contributed by atoms with Crippen LogP contribution < -0.4 is 5.56 Å². The number of aromatic nitrogens is 3. The number of pyridine rings is 1. The molecule has 3 rings (SSSR count). The Morgan fingerprint density at radius 3 is 2.67 bits per heavy atom.